The van der Waals surface area contributed by atoms with Gasteiger partial charge >= 0.3 is 0 Å². The molecule has 0 bridgehead atoms. The van der Waals surface area contributed by atoms with Gasteiger partial charge < -0.3 is 4.90 Å². The smallest absolute Gasteiger partial charge is 0.193 e. The summed E-state index contributed by atoms with van der Waals surface area (Å²) in [6, 6.07) is 9.14. The highest BCUT2D eigenvalue weighted by Crippen LogP contribution is 2.16. The summed E-state index contributed by atoms with van der Waals surface area (Å²) in [5.74, 6) is -0.417. The van der Waals surface area contributed by atoms with Crippen molar-refractivity contribution in [1.82, 2.24) is 0 Å². The van der Waals surface area contributed by atoms with Crippen LogP contribution in [-0.4, -0.2) is 13.3 Å². The Morgan fingerprint density at radius 1 is 1.27 bits per heavy atom. The van der Waals surface area contributed by atoms with E-state index >= 15 is 0 Å². The van der Waals surface area contributed by atoms with Crippen LogP contribution in [0.15, 0.2) is 54.5 Å². The van der Waals surface area contributed by atoms with Crippen molar-refractivity contribution < 1.29 is 9.18 Å². The van der Waals surface area contributed by atoms with Crippen LogP contribution in [-0.2, 0) is 4.79 Å². The minimum absolute atomic E-state index is 0.417. The summed E-state index contributed by atoms with van der Waals surface area (Å²) in [4.78, 5) is 11.4. The topological polar surface area (TPSA) is 20.3 Å². The van der Waals surface area contributed by atoms with Crippen molar-refractivity contribution in [2.75, 3.05) is 11.9 Å². The van der Waals surface area contributed by atoms with Gasteiger partial charge in [0, 0.05) is 12.7 Å². The van der Waals surface area contributed by atoms with Crippen molar-refractivity contribution in [1.29, 1.82) is 0 Å². The van der Waals surface area contributed by atoms with Gasteiger partial charge in [0.25, 0.3) is 0 Å². The van der Waals surface area contributed by atoms with E-state index in [1.165, 1.54) is 23.1 Å². The lowest BCUT2D eigenvalue weighted by atomic mass is 10.3. The molecule has 0 aliphatic carbocycles. The fraction of sp³-hybridized carbons (Fsp3) is 0.0833. The van der Waals surface area contributed by atoms with Gasteiger partial charge in [0.05, 0.1) is 0 Å². The van der Waals surface area contributed by atoms with E-state index in [0.29, 0.717) is 6.29 Å². The third-order valence-corrected chi connectivity index (χ3v) is 1.89. The van der Waals surface area contributed by atoms with Gasteiger partial charge in [-0.05, 0) is 24.3 Å². The highest BCUT2D eigenvalue weighted by molar-refractivity contribution is 5.65. The van der Waals surface area contributed by atoms with Gasteiger partial charge in [-0.2, -0.15) is 4.39 Å². The number of rotatable bonds is 4. The van der Waals surface area contributed by atoms with Gasteiger partial charge in [-0.3, -0.25) is 4.79 Å². The molecule has 0 saturated heterocycles. The third-order valence-electron chi connectivity index (χ3n) is 1.89. The molecule has 0 aliphatic heterocycles. The molecule has 0 radical (unpaired) electrons. The second kappa shape index (κ2) is 5.75. The fourth-order valence-corrected chi connectivity index (χ4v) is 1.07. The number of hydrogen-bond donors (Lipinski definition) is 0. The highest BCUT2D eigenvalue weighted by atomic mass is 19.1. The van der Waals surface area contributed by atoms with E-state index in [1.54, 1.807) is 19.2 Å². The molecule has 1 rings (SSSR count). The van der Waals surface area contributed by atoms with E-state index in [4.69, 9.17) is 0 Å². The van der Waals surface area contributed by atoms with Gasteiger partial charge in [-0.25, -0.2) is 0 Å². The Morgan fingerprint density at radius 3 is 2.53 bits per heavy atom. The maximum Gasteiger partial charge on any atom is 0.193 e. The van der Waals surface area contributed by atoms with Crippen LogP contribution in [0.2, 0.25) is 0 Å². The van der Waals surface area contributed by atoms with E-state index in [9.17, 15) is 9.18 Å². The van der Waals surface area contributed by atoms with Crippen LogP contribution in [0, 0.1) is 0 Å². The van der Waals surface area contributed by atoms with Crippen molar-refractivity contribution in [3.8, 4) is 0 Å². The first-order chi connectivity index (χ1) is 7.25. The number of aldehydes is 1. The molecule has 0 atom stereocenters. The Kier molecular flexibility index (Phi) is 4.29. The zero-order chi connectivity index (χ0) is 11.1. The van der Waals surface area contributed by atoms with Crippen LogP contribution in [0.5, 0.6) is 0 Å². The first-order valence-electron chi connectivity index (χ1n) is 4.52. The first-order valence-corrected chi connectivity index (χ1v) is 4.52. The first kappa shape index (κ1) is 11.2. The van der Waals surface area contributed by atoms with Crippen molar-refractivity contribution in [3.05, 3.63) is 54.5 Å². The molecule has 0 amide bonds. The maximum atomic E-state index is 13.4. The van der Waals surface area contributed by atoms with Crippen LogP contribution in [0.4, 0.5) is 10.1 Å². The van der Waals surface area contributed by atoms with Crippen LogP contribution in [0.1, 0.15) is 0 Å². The Hall–Kier alpha value is -1.90. The van der Waals surface area contributed by atoms with E-state index < -0.39 is 5.95 Å². The van der Waals surface area contributed by atoms with Crippen LogP contribution in [0.25, 0.3) is 0 Å². The summed E-state index contributed by atoms with van der Waals surface area (Å²) in [7, 11) is 1.62. The van der Waals surface area contributed by atoms with E-state index in [2.05, 4.69) is 0 Å². The van der Waals surface area contributed by atoms with E-state index in [0.717, 1.165) is 5.69 Å². The van der Waals surface area contributed by atoms with Gasteiger partial charge in [0.2, 0.25) is 0 Å². The standard InChI is InChI=1S/C12H12FNO/c1-14(11-7-3-2-4-8-11)12(13)9-5-6-10-15/h2-10H,1H3/b6-5+,12-9+. The van der Waals surface area contributed by atoms with Gasteiger partial charge in [-0.15, -0.1) is 0 Å². The third kappa shape index (κ3) is 3.38. The molecule has 1 aromatic carbocycles. The minimum Gasteiger partial charge on any atom is -0.321 e. The summed E-state index contributed by atoms with van der Waals surface area (Å²) in [5.41, 5.74) is 0.755. The molecule has 0 fully saturated rings. The maximum absolute atomic E-state index is 13.4. The Bertz CT molecular complexity index is 370. The predicted molar refractivity (Wildman–Crippen MR) is 59.2 cm³/mol. The Balaban J connectivity index is 2.76. The summed E-state index contributed by atoms with van der Waals surface area (Å²) in [6.07, 6.45) is 4.44. The van der Waals surface area contributed by atoms with Crippen LogP contribution in [0.3, 0.4) is 0 Å². The number of benzene rings is 1. The molecule has 0 aliphatic rings. The summed E-state index contributed by atoms with van der Waals surface area (Å²) >= 11 is 0. The highest BCUT2D eigenvalue weighted by Gasteiger charge is 2.03. The lowest BCUT2D eigenvalue weighted by Gasteiger charge is -2.15. The quantitative estimate of drug-likeness (QED) is 0.326. The number of carbonyl (C=O) groups excluding carboxylic acids is 1. The monoisotopic (exact) mass is 205 g/mol. The van der Waals surface area contributed by atoms with Crippen molar-refractivity contribution >= 4 is 12.0 Å². The van der Waals surface area contributed by atoms with Crippen molar-refractivity contribution in [2.45, 2.75) is 0 Å². The molecule has 0 N–H and O–H groups in total. The van der Waals surface area contributed by atoms with Gasteiger partial charge in [0.1, 0.15) is 6.29 Å². The van der Waals surface area contributed by atoms with Crippen molar-refractivity contribution in [3.63, 3.8) is 0 Å². The molecule has 0 saturated carbocycles. The predicted octanol–water partition coefficient (Wildman–Crippen LogP) is 2.69. The number of para-hydroxylation sites is 1. The molecule has 15 heavy (non-hydrogen) atoms. The number of carbonyl (C=O) groups is 1. The molecule has 0 unspecified atom stereocenters. The molecule has 3 heteroatoms. The fourth-order valence-electron chi connectivity index (χ4n) is 1.07. The molecular formula is C12H12FNO. The molecule has 0 aromatic heterocycles. The Labute approximate surface area is 88.3 Å². The number of hydrogen-bond acceptors (Lipinski definition) is 2. The molecule has 1 aromatic rings. The summed E-state index contributed by atoms with van der Waals surface area (Å²) in [5, 5.41) is 0. The van der Waals surface area contributed by atoms with Gasteiger partial charge in [0.15, 0.2) is 5.95 Å². The normalized spacial score (nSPS) is 11.7. The second-order valence-electron chi connectivity index (χ2n) is 2.90. The van der Waals surface area contributed by atoms with Crippen LogP contribution >= 0.6 is 0 Å². The summed E-state index contributed by atoms with van der Waals surface area (Å²) in [6.45, 7) is 0. The lowest BCUT2D eigenvalue weighted by molar-refractivity contribution is -0.104. The lowest BCUT2D eigenvalue weighted by Crippen LogP contribution is -2.12. The number of nitrogens with zero attached hydrogens (tertiary/aromatic N) is 1. The van der Waals surface area contributed by atoms with Crippen molar-refractivity contribution in [2.24, 2.45) is 0 Å². The van der Waals surface area contributed by atoms with E-state index in [1.807, 2.05) is 18.2 Å². The van der Waals surface area contributed by atoms with Gasteiger partial charge in [-0.1, -0.05) is 24.3 Å². The molecule has 0 spiro atoms. The molecule has 0 heterocycles. The molecule has 2 nitrogen and oxygen atoms in total. The average molecular weight is 205 g/mol. The minimum atomic E-state index is -0.417. The van der Waals surface area contributed by atoms with E-state index in [-0.39, 0.29) is 0 Å². The zero-order valence-corrected chi connectivity index (χ0v) is 8.43. The number of allylic oxidation sites excluding steroid dienone is 3. The number of halogens is 1. The van der Waals surface area contributed by atoms with Crippen LogP contribution < -0.4 is 4.90 Å². The molecule has 78 valence electrons. The number of anilines is 1. The zero-order valence-electron chi connectivity index (χ0n) is 8.43. The largest absolute Gasteiger partial charge is 0.321 e. The second-order valence-corrected chi connectivity index (χ2v) is 2.90. The summed E-state index contributed by atoms with van der Waals surface area (Å²) < 4.78 is 13.4. The average Bonchev–Trinajstić information content (AvgIpc) is 2.29. The SMILES string of the molecule is CN(/C(F)=C/C=C/C=O)c1ccccc1. The molecular weight excluding hydrogens is 193 g/mol. The Morgan fingerprint density at radius 2 is 1.93 bits per heavy atom.